The Morgan fingerprint density at radius 3 is 2.48 bits per heavy atom. The molecular weight excluding hydrogens is 379 g/mol. The molecule has 0 atom stereocenters. The van der Waals surface area contributed by atoms with E-state index in [1.54, 1.807) is 30.5 Å². The Bertz CT molecular complexity index is 801. The van der Waals surface area contributed by atoms with E-state index in [9.17, 15) is 0 Å². The summed E-state index contributed by atoms with van der Waals surface area (Å²) in [4.78, 5) is 4.02. The minimum atomic E-state index is 0.222. The molecule has 3 aromatic rings. The van der Waals surface area contributed by atoms with Crippen LogP contribution in [-0.2, 0) is 0 Å². The second-order valence-electron chi connectivity index (χ2n) is 4.10. The first-order valence-corrected chi connectivity index (χ1v) is 7.30. The van der Waals surface area contributed by atoms with Crippen LogP contribution in [0.2, 0.25) is 10.0 Å². The lowest BCUT2D eigenvalue weighted by Crippen LogP contribution is -1.93. The Morgan fingerprint density at radius 2 is 1.76 bits per heavy atom. The third kappa shape index (κ3) is 2.74. The number of nitrogens with zero attached hydrogens (tertiary/aromatic N) is 3. The van der Waals surface area contributed by atoms with Crippen molar-refractivity contribution in [2.24, 2.45) is 0 Å². The zero-order valence-electron chi connectivity index (χ0n) is 10.3. The van der Waals surface area contributed by atoms with Crippen LogP contribution in [0.3, 0.4) is 0 Å². The summed E-state index contributed by atoms with van der Waals surface area (Å²) in [5.74, 6) is 0.755. The Hall–Kier alpha value is -1.63. The molecule has 2 heterocycles. The van der Waals surface area contributed by atoms with E-state index in [1.807, 2.05) is 0 Å². The molecule has 106 valence electrons. The molecule has 0 fully saturated rings. The number of hydrogen-bond acceptors (Lipinski definition) is 5. The maximum absolute atomic E-state index is 6.12. The van der Waals surface area contributed by atoms with E-state index in [0.29, 0.717) is 27.0 Å². The van der Waals surface area contributed by atoms with Gasteiger partial charge in [0, 0.05) is 10.7 Å². The smallest absolute Gasteiger partial charge is 0.251 e. The first-order chi connectivity index (χ1) is 10.1. The Balaban J connectivity index is 2.10. The molecule has 0 unspecified atom stereocenters. The van der Waals surface area contributed by atoms with Gasteiger partial charge in [0.15, 0.2) is 0 Å². The average Bonchev–Trinajstić information content (AvgIpc) is 2.90. The van der Waals surface area contributed by atoms with Crippen LogP contribution < -0.4 is 5.73 Å². The van der Waals surface area contributed by atoms with E-state index in [0.717, 1.165) is 4.47 Å². The van der Waals surface area contributed by atoms with Gasteiger partial charge in [-0.15, -0.1) is 10.2 Å². The molecule has 21 heavy (non-hydrogen) atoms. The normalized spacial score (nSPS) is 10.8. The van der Waals surface area contributed by atoms with Gasteiger partial charge in [0.1, 0.15) is 5.82 Å². The molecule has 0 bridgehead atoms. The lowest BCUT2D eigenvalue weighted by molar-refractivity contribution is 0.584. The lowest BCUT2D eigenvalue weighted by atomic mass is 10.2. The van der Waals surface area contributed by atoms with Crippen molar-refractivity contribution in [3.05, 3.63) is 45.0 Å². The molecule has 0 amide bonds. The predicted octanol–water partition coefficient (Wildman–Crippen LogP) is 4.45. The van der Waals surface area contributed by atoms with E-state index in [2.05, 4.69) is 31.1 Å². The summed E-state index contributed by atoms with van der Waals surface area (Å²) in [5, 5.41) is 8.80. The van der Waals surface area contributed by atoms with Crippen LogP contribution >= 0.6 is 39.1 Å². The molecule has 8 heteroatoms. The van der Waals surface area contributed by atoms with Crippen LogP contribution in [0, 0.1) is 0 Å². The Morgan fingerprint density at radius 1 is 1.10 bits per heavy atom. The molecule has 0 radical (unpaired) electrons. The number of benzene rings is 1. The molecular formula is C13H7BrCl2N4O. The molecule has 2 aromatic heterocycles. The van der Waals surface area contributed by atoms with Gasteiger partial charge in [-0.3, -0.25) is 0 Å². The fourth-order valence-corrected chi connectivity index (χ4v) is 2.65. The molecule has 3 rings (SSSR count). The van der Waals surface area contributed by atoms with E-state index < -0.39 is 0 Å². The van der Waals surface area contributed by atoms with E-state index in [1.165, 1.54) is 0 Å². The number of pyridine rings is 1. The second-order valence-corrected chi connectivity index (χ2v) is 5.83. The molecule has 0 aliphatic heterocycles. The van der Waals surface area contributed by atoms with Gasteiger partial charge in [0.2, 0.25) is 0 Å². The molecule has 5 nitrogen and oxygen atoms in total. The summed E-state index contributed by atoms with van der Waals surface area (Å²) < 4.78 is 6.37. The van der Waals surface area contributed by atoms with Crippen LogP contribution in [0.15, 0.2) is 39.4 Å². The van der Waals surface area contributed by atoms with Crippen molar-refractivity contribution in [2.75, 3.05) is 5.73 Å². The zero-order chi connectivity index (χ0) is 15.0. The zero-order valence-corrected chi connectivity index (χ0v) is 13.4. The van der Waals surface area contributed by atoms with Crippen LogP contribution in [0.1, 0.15) is 0 Å². The first kappa shape index (κ1) is 14.3. The highest BCUT2D eigenvalue weighted by Crippen LogP contribution is 2.35. The number of rotatable bonds is 2. The number of anilines is 1. The van der Waals surface area contributed by atoms with Crippen LogP contribution in [-0.4, -0.2) is 15.2 Å². The molecule has 2 N–H and O–H groups in total. The van der Waals surface area contributed by atoms with Gasteiger partial charge in [0.05, 0.1) is 21.2 Å². The van der Waals surface area contributed by atoms with Gasteiger partial charge in [-0.1, -0.05) is 29.3 Å². The summed E-state index contributed by atoms with van der Waals surface area (Å²) in [5.41, 5.74) is 6.84. The third-order valence-corrected chi connectivity index (χ3v) is 3.78. The predicted molar refractivity (Wildman–Crippen MR) is 85.1 cm³/mol. The number of halogens is 3. The highest BCUT2D eigenvalue weighted by molar-refractivity contribution is 9.10. The third-order valence-electron chi connectivity index (χ3n) is 2.72. The first-order valence-electron chi connectivity index (χ1n) is 5.75. The Labute approximate surface area is 138 Å². The van der Waals surface area contributed by atoms with Crippen LogP contribution in [0.25, 0.3) is 22.9 Å². The fourth-order valence-electron chi connectivity index (χ4n) is 1.76. The van der Waals surface area contributed by atoms with E-state index in [4.69, 9.17) is 33.4 Å². The molecule has 0 spiro atoms. The standard InChI is InChI=1S/C13H7BrCl2N4O/c14-6-4-7(11(17)18-5-6)12-19-20-13(21-12)10-8(15)2-1-3-9(10)16/h1-5H,(H2,17,18). The summed E-state index contributed by atoms with van der Waals surface area (Å²) in [6.07, 6.45) is 1.58. The highest BCUT2D eigenvalue weighted by atomic mass is 79.9. The van der Waals surface area contributed by atoms with Crippen LogP contribution in [0.4, 0.5) is 5.82 Å². The van der Waals surface area contributed by atoms with Crippen molar-refractivity contribution in [1.82, 2.24) is 15.2 Å². The van der Waals surface area contributed by atoms with Crippen molar-refractivity contribution in [2.45, 2.75) is 0 Å². The molecule has 1 aromatic carbocycles. The van der Waals surface area contributed by atoms with Crippen molar-refractivity contribution < 1.29 is 4.42 Å². The molecule has 0 aliphatic rings. The molecule has 0 saturated carbocycles. The van der Waals surface area contributed by atoms with Gasteiger partial charge in [0.25, 0.3) is 11.8 Å². The quantitative estimate of drug-likeness (QED) is 0.704. The summed E-state index contributed by atoms with van der Waals surface area (Å²) in [6, 6.07) is 6.87. The maximum Gasteiger partial charge on any atom is 0.251 e. The van der Waals surface area contributed by atoms with E-state index in [-0.39, 0.29) is 11.8 Å². The van der Waals surface area contributed by atoms with Crippen molar-refractivity contribution >= 4 is 44.9 Å². The van der Waals surface area contributed by atoms with Gasteiger partial charge < -0.3 is 10.2 Å². The average molecular weight is 386 g/mol. The van der Waals surface area contributed by atoms with Gasteiger partial charge in [-0.05, 0) is 34.1 Å². The molecule has 0 saturated heterocycles. The number of hydrogen-bond donors (Lipinski definition) is 1. The number of aromatic nitrogens is 3. The van der Waals surface area contributed by atoms with Gasteiger partial charge in [-0.25, -0.2) is 4.98 Å². The SMILES string of the molecule is Nc1ncc(Br)cc1-c1nnc(-c2c(Cl)cccc2Cl)o1. The van der Waals surface area contributed by atoms with Gasteiger partial charge in [-0.2, -0.15) is 0 Å². The monoisotopic (exact) mass is 384 g/mol. The van der Waals surface area contributed by atoms with Crippen molar-refractivity contribution in [3.63, 3.8) is 0 Å². The number of nitrogen functional groups attached to an aromatic ring is 1. The minimum absolute atomic E-state index is 0.222. The molecule has 0 aliphatic carbocycles. The topological polar surface area (TPSA) is 77.8 Å². The summed E-state index contributed by atoms with van der Waals surface area (Å²) in [7, 11) is 0. The minimum Gasteiger partial charge on any atom is -0.416 e. The van der Waals surface area contributed by atoms with Crippen molar-refractivity contribution in [1.29, 1.82) is 0 Å². The second kappa shape index (κ2) is 5.63. The fraction of sp³-hybridized carbons (Fsp3) is 0. The maximum atomic E-state index is 6.12. The van der Waals surface area contributed by atoms with E-state index >= 15 is 0 Å². The highest BCUT2D eigenvalue weighted by Gasteiger charge is 2.18. The summed E-state index contributed by atoms with van der Waals surface area (Å²) in [6.45, 7) is 0. The summed E-state index contributed by atoms with van der Waals surface area (Å²) >= 11 is 15.6. The largest absolute Gasteiger partial charge is 0.416 e. The number of nitrogens with two attached hydrogens (primary N) is 1. The lowest BCUT2D eigenvalue weighted by Gasteiger charge is -2.02. The Kier molecular flexibility index (Phi) is 3.84. The van der Waals surface area contributed by atoms with Crippen LogP contribution in [0.5, 0.6) is 0 Å². The van der Waals surface area contributed by atoms with Crippen molar-refractivity contribution in [3.8, 4) is 22.9 Å². The van der Waals surface area contributed by atoms with Gasteiger partial charge >= 0.3 is 0 Å².